The SMILES string of the molecule is O=C(O)[C@H]1CCCC[C@@H]1CN1C(=O)c2ccccc2C1=O. The summed E-state index contributed by atoms with van der Waals surface area (Å²) in [5, 5.41) is 9.30. The van der Waals surface area contributed by atoms with Crippen LogP contribution < -0.4 is 0 Å². The first-order valence-corrected chi connectivity index (χ1v) is 7.27. The van der Waals surface area contributed by atoms with Gasteiger partial charge in [-0.1, -0.05) is 25.0 Å². The van der Waals surface area contributed by atoms with Crippen molar-refractivity contribution in [3.63, 3.8) is 0 Å². The van der Waals surface area contributed by atoms with Crippen LogP contribution in [0, 0.1) is 11.8 Å². The van der Waals surface area contributed by atoms with Crippen LogP contribution >= 0.6 is 0 Å². The van der Waals surface area contributed by atoms with Crippen molar-refractivity contribution in [2.24, 2.45) is 11.8 Å². The van der Waals surface area contributed by atoms with E-state index >= 15 is 0 Å². The molecular weight excluding hydrogens is 270 g/mol. The van der Waals surface area contributed by atoms with E-state index in [1.807, 2.05) is 0 Å². The molecule has 1 heterocycles. The van der Waals surface area contributed by atoms with E-state index in [1.54, 1.807) is 24.3 Å². The number of nitrogens with zero attached hydrogens (tertiary/aromatic N) is 1. The zero-order valence-corrected chi connectivity index (χ0v) is 11.6. The molecule has 1 aliphatic carbocycles. The molecule has 1 aromatic carbocycles. The van der Waals surface area contributed by atoms with Crippen LogP contribution in [-0.2, 0) is 4.79 Å². The van der Waals surface area contributed by atoms with Gasteiger partial charge < -0.3 is 5.11 Å². The standard InChI is InChI=1S/C16H17NO4/c18-14-12-7-3-4-8-13(12)15(19)17(14)9-10-5-1-2-6-11(10)16(20)21/h3-4,7-8,10-11H,1-2,5-6,9H2,(H,20,21)/t10-,11+/m1/s1. The lowest BCUT2D eigenvalue weighted by atomic mass is 9.79. The summed E-state index contributed by atoms with van der Waals surface area (Å²) in [7, 11) is 0. The van der Waals surface area contributed by atoms with E-state index in [2.05, 4.69) is 0 Å². The summed E-state index contributed by atoms with van der Waals surface area (Å²) in [6.45, 7) is 0.212. The van der Waals surface area contributed by atoms with Crippen LogP contribution in [0.4, 0.5) is 0 Å². The van der Waals surface area contributed by atoms with E-state index in [1.165, 1.54) is 4.90 Å². The van der Waals surface area contributed by atoms with Crippen LogP contribution in [-0.4, -0.2) is 34.3 Å². The van der Waals surface area contributed by atoms with Crippen LogP contribution in [0.15, 0.2) is 24.3 Å². The van der Waals surface area contributed by atoms with Gasteiger partial charge >= 0.3 is 5.97 Å². The van der Waals surface area contributed by atoms with Gasteiger partial charge in [0.1, 0.15) is 0 Å². The van der Waals surface area contributed by atoms with Crippen molar-refractivity contribution in [2.75, 3.05) is 6.54 Å². The van der Waals surface area contributed by atoms with Gasteiger partial charge in [0.25, 0.3) is 11.8 Å². The first kappa shape index (κ1) is 13.8. The van der Waals surface area contributed by atoms with E-state index in [0.717, 1.165) is 19.3 Å². The topological polar surface area (TPSA) is 74.7 Å². The third kappa shape index (κ3) is 2.33. The number of hydrogen-bond acceptors (Lipinski definition) is 3. The summed E-state index contributed by atoms with van der Waals surface area (Å²) in [6, 6.07) is 6.75. The normalized spacial score (nSPS) is 25.0. The summed E-state index contributed by atoms with van der Waals surface area (Å²) in [6.07, 6.45) is 3.24. The summed E-state index contributed by atoms with van der Waals surface area (Å²) < 4.78 is 0. The summed E-state index contributed by atoms with van der Waals surface area (Å²) >= 11 is 0. The molecule has 3 rings (SSSR count). The molecular formula is C16H17NO4. The Morgan fingerprint density at radius 3 is 2.24 bits per heavy atom. The van der Waals surface area contributed by atoms with Crippen LogP contribution in [0.25, 0.3) is 0 Å². The second-order valence-corrected chi connectivity index (χ2v) is 5.76. The molecule has 1 N–H and O–H groups in total. The fraction of sp³-hybridized carbons (Fsp3) is 0.438. The third-order valence-corrected chi connectivity index (χ3v) is 4.52. The lowest BCUT2D eigenvalue weighted by Gasteiger charge is -2.31. The Kier molecular flexibility index (Phi) is 3.49. The number of rotatable bonds is 3. The van der Waals surface area contributed by atoms with Crippen LogP contribution in [0.1, 0.15) is 46.4 Å². The van der Waals surface area contributed by atoms with Crippen molar-refractivity contribution in [2.45, 2.75) is 25.7 Å². The number of imide groups is 1. The smallest absolute Gasteiger partial charge is 0.306 e. The molecule has 5 nitrogen and oxygen atoms in total. The highest BCUT2D eigenvalue weighted by Crippen LogP contribution is 2.33. The Morgan fingerprint density at radius 2 is 1.67 bits per heavy atom. The maximum atomic E-state index is 12.3. The number of carboxylic acids is 1. The van der Waals surface area contributed by atoms with E-state index in [9.17, 15) is 19.5 Å². The van der Waals surface area contributed by atoms with Gasteiger partial charge in [-0.05, 0) is 30.9 Å². The van der Waals surface area contributed by atoms with E-state index in [-0.39, 0.29) is 24.3 Å². The minimum absolute atomic E-state index is 0.140. The number of carbonyl (C=O) groups excluding carboxylic acids is 2. The maximum absolute atomic E-state index is 12.3. The lowest BCUT2D eigenvalue weighted by Crippen LogP contribution is -2.40. The number of aliphatic carboxylic acids is 1. The van der Waals surface area contributed by atoms with Crippen LogP contribution in [0.2, 0.25) is 0 Å². The predicted molar refractivity (Wildman–Crippen MR) is 74.9 cm³/mol. The Balaban J connectivity index is 1.81. The highest BCUT2D eigenvalue weighted by molar-refractivity contribution is 6.21. The van der Waals surface area contributed by atoms with E-state index < -0.39 is 11.9 Å². The third-order valence-electron chi connectivity index (χ3n) is 4.52. The fourth-order valence-corrected chi connectivity index (χ4v) is 3.39. The molecule has 0 aromatic heterocycles. The van der Waals surface area contributed by atoms with Crippen LogP contribution in [0.5, 0.6) is 0 Å². The molecule has 21 heavy (non-hydrogen) atoms. The van der Waals surface area contributed by atoms with Crippen molar-refractivity contribution < 1.29 is 19.5 Å². The summed E-state index contributed by atoms with van der Waals surface area (Å²) in [4.78, 5) is 37.2. The van der Waals surface area contributed by atoms with Gasteiger partial charge in [0.15, 0.2) is 0 Å². The predicted octanol–water partition coefficient (Wildman–Crippen LogP) is 2.17. The molecule has 2 aliphatic rings. The highest BCUT2D eigenvalue weighted by atomic mass is 16.4. The molecule has 1 aliphatic heterocycles. The summed E-state index contributed by atoms with van der Waals surface area (Å²) in [5.74, 6) is -2.02. The molecule has 0 bridgehead atoms. The molecule has 2 amide bonds. The minimum atomic E-state index is -0.823. The second kappa shape index (κ2) is 5.31. The van der Waals surface area contributed by atoms with Crippen molar-refractivity contribution in [3.8, 4) is 0 Å². The zero-order valence-electron chi connectivity index (χ0n) is 11.6. The number of carbonyl (C=O) groups is 3. The molecule has 1 fully saturated rings. The Labute approximate surface area is 122 Å². The number of hydrogen-bond donors (Lipinski definition) is 1. The number of amides is 2. The van der Waals surface area contributed by atoms with Gasteiger partial charge in [0.2, 0.25) is 0 Å². The number of fused-ring (bicyclic) bond motifs is 1. The molecule has 5 heteroatoms. The lowest BCUT2D eigenvalue weighted by molar-refractivity contribution is -0.145. The van der Waals surface area contributed by atoms with Gasteiger partial charge in [-0.25, -0.2) is 0 Å². The molecule has 1 saturated carbocycles. The van der Waals surface area contributed by atoms with Crippen molar-refractivity contribution in [1.29, 1.82) is 0 Å². The fourth-order valence-electron chi connectivity index (χ4n) is 3.39. The zero-order chi connectivity index (χ0) is 15.0. The van der Waals surface area contributed by atoms with Gasteiger partial charge in [0, 0.05) is 6.54 Å². The Morgan fingerprint density at radius 1 is 1.10 bits per heavy atom. The minimum Gasteiger partial charge on any atom is -0.481 e. The van der Waals surface area contributed by atoms with Gasteiger partial charge in [-0.15, -0.1) is 0 Å². The Bertz CT molecular complexity index is 575. The monoisotopic (exact) mass is 287 g/mol. The van der Waals surface area contributed by atoms with Crippen molar-refractivity contribution >= 4 is 17.8 Å². The van der Waals surface area contributed by atoms with Crippen LogP contribution in [0.3, 0.4) is 0 Å². The first-order chi connectivity index (χ1) is 10.1. The van der Waals surface area contributed by atoms with Gasteiger partial charge in [-0.2, -0.15) is 0 Å². The molecule has 0 radical (unpaired) electrons. The second-order valence-electron chi connectivity index (χ2n) is 5.76. The first-order valence-electron chi connectivity index (χ1n) is 7.27. The number of benzene rings is 1. The van der Waals surface area contributed by atoms with Gasteiger partial charge in [0.05, 0.1) is 17.0 Å². The molecule has 1 aromatic rings. The molecule has 0 spiro atoms. The molecule has 0 saturated heterocycles. The van der Waals surface area contributed by atoms with Gasteiger partial charge in [-0.3, -0.25) is 19.3 Å². The number of carboxylic acid groups (broad SMARTS) is 1. The van der Waals surface area contributed by atoms with E-state index in [4.69, 9.17) is 0 Å². The maximum Gasteiger partial charge on any atom is 0.306 e. The molecule has 0 unspecified atom stereocenters. The van der Waals surface area contributed by atoms with E-state index in [0.29, 0.717) is 17.5 Å². The average molecular weight is 287 g/mol. The van der Waals surface area contributed by atoms with Crippen molar-refractivity contribution in [1.82, 2.24) is 4.90 Å². The highest BCUT2D eigenvalue weighted by Gasteiger charge is 2.39. The largest absolute Gasteiger partial charge is 0.481 e. The molecule has 110 valence electrons. The average Bonchev–Trinajstić information content (AvgIpc) is 2.73. The van der Waals surface area contributed by atoms with Crippen molar-refractivity contribution in [3.05, 3.63) is 35.4 Å². The quantitative estimate of drug-likeness (QED) is 0.865. The summed E-state index contributed by atoms with van der Waals surface area (Å²) in [5.41, 5.74) is 0.843. The Hall–Kier alpha value is -2.17. The molecule has 2 atom stereocenters.